The maximum Gasteiger partial charge on any atom is 0.220 e. The molecule has 4 heteroatoms. The fourth-order valence-corrected chi connectivity index (χ4v) is 3.86. The van der Waals surface area contributed by atoms with E-state index in [1.54, 1.807) is 0 Å². The number of hydrogen-bond acceptors (Lipinski definition) is 3. The fourth-order valence-electron chi connectivity index (χ4n) is 3.86. The lowest BCUT2D eigenvalue weighted by molar-refractivity contribution is -0.122. The van der Waals surface area contributed by atoms with Crippen LogP contribution in [0.1, 0.15) is 17.5 Å². The molecule has 0 aliphatic carbocycles. The van der Waals surface area contributed by atoms with Gasteiger partial charge in [0.15, 0.2) is 0 Å². The molecule has 1 N–H and O–H groups in total. The number of nitrogens with zero attached hydrogens (tertiary/aromatic N) is 1. The Kier molecular flexibility index (Phi) is 6.55. The Morgan fingerprint density at radius 2 is 1.76 bits per heavy atom. The second kappa shape index (κ2) is 9.68. The Bertz CT molecular complexity index is 942. The normalized spacial score (nSPS) is 17.3. The van der Waals surface area contributed by atoms with E-state index in [1.807, 2.05) is 18.2 Å². The van der Waals surface area contributed by atoms with Crippen LogP contribution in [0.4, 0.5) is 0 Å². The van der Waals surface area contributed by atoms with Gasteiger partial charge in [0.25, 0.3) is 0 Å². The van der Waals surface area contributed by atoms with E-state index in [9.17, 15) is 4.79 Å². The lowest BCUT2D eigenvalue weighted by atomic mass is 10.0. The van der Waals surface area contributed by atoms with E-state index in [0.717, 1.165) is 26.1 Å². The number of ether oxygens (including phenoxy) is 1. The Labute approximate surface area is 172 Å². The number of carbonyl (C=O) groups excluding carboxylic acids is 1. The van der Waals surface area contributed by atoms with Crippen molar-refractivity contribution in [1.82, 2.24) is 10.2 Å². The van der Waals surface area contributed by atoms with E-state index in [-0.39, 0.29) is 12.0 Å². The zero-order valence-electron chi connectivity index (χ0n) is 16.7. The topological polar surface area (TPSA) is 41.6 Å². The minimum Gasteiger partial charge on any atom is -0.374 e. The van der Waals surface area contributed by atoms with Crippen LogP contribution in [0.2, 0.25) is 0 Å². The molecule has 1 aliphatic heterocycles. The van der Waals surface area contributed by atoms with Gasteiger partial charge in [0, 0.05) is 32.6 Å². The zero-order chi connectivity index (χ0) is 19.9. The third kappa shape index (κ3) is 5.66. The maximum absolute atomic E-state index is 12.3. The number of nitrogens with one attached hydrogen (secondary N) is 1. The van der Waals surface area contributed by atoms with Gasteiger partial charge in [0.05, 0.1) is 12.7 Å². The average molecular weight is 389 g/mol. The van der Waals surface area contributed by atoms with E-state index < -0.39 is 0 Å². The van der Waals surface area contributed by atoms with Crippen molar-refractivity contribution in [1.29, 1.82) is 0 Å². The smallest absolute Gasteiger partial charge is 0.220 e. The van der Waals surface area contributed by atoms with Crippen molar-refractivity contribution in [3.63, 3.8) is 0 Å². The first-order valence-corrected chi connectivity index (χ1v) is 10.4. The monoisotopic (exact) mass is 388 g/mol. The molecule has 29 heavy (non-hydrogen) atoms. The molecule has 0 radical (unpaired) electrons. The molecule has 3 aromatic carbocycles. The molecule has 1 amide bonds. The second-order valence-electron chi connectivity index (χ2n) is 7.70. The molecule has 0 aromatic heterocycles. The molecule has 0 saturated carbocycles. The van der Waals surface area contributed by atoms with E-state index in [4.69, 9.17) is 4.74 Å². The summed E-state index contributed by atoms with van der Waals surface area (Å²) in [6.45, 7) is 3.99. The van der Waals surface area contributed by atoms with Crippen LogP contribution in [0, 0.1) is 0 Å². The summed E-state index contributed by atoms with van der Waals surface area (Å²) in [6, 6.07) is 25.2. The van der Waals surface area contributed by atoms with E-state index in [1.165, 1.54) is 21.9 Å². The molecular weight excluding hydrogens is 360 g/mol. The summed E-state index contributed by atoms with van der Waals surface area (Å²) in [5.74, 6) is 0.0851. The van der Waals surface area contributed by atoms with Crippen molar-refractivity contribution in [2.45, 2.75) is 25.5 Å². The van der Waals surface area contributed by atoms with Gasteiger partial charge in [-0.15, -0.1) is 0 Å². The summed E-state index contributed by atoms with van der Waals surface area (Å²) in [6.07, 6.45) is 1.30. The third-order valence-electron chi connectivity index (χ3n) is 5.45. The molecular formula is C25H28N2O2. The average Bonchev–Trinajstić information content (AvgIpc) is 2.77. The number of benzene rings is 3. The van der Waals surface area contributed by atoms with Crippen molar-refractivity contribution in [3.8, 4) is 0 Å². The van der Waals surface area contributed by atoms with Crippen LogP contribution >= 0.6 is 0 Å². The summed E-state index contributed by atoms with van der Waals surface area (Å²) >= 11 is 0. The zero-order valence-corrected chi connectivity index (χ0v) is 16.7. The van der Waals surface area contributed by atoms with E-state index in [2.05, 4.69) is 64.8 Å². The summed E-state index contributed by atoms with van der Waals surface area (Å²) in [4.78, 5) is 14.7. The highest BCUT2D eigenvalue weighted by Crippen LogP contribution is 2.16. The van der Waals surface area contributed by atoms with Gasteiger partial charge >= 0.3 is 0 Å². The van der Waals surface area contributed by atoms with Crippen molar-refractivity contribution in [2.24, 2.45) is 0 Å². The van der Waals surface area contributed by atoms with Gasteiger partial charge in [-0.05, 0) is 28.3 Å². The van der Waals surface area contributed by atoms with Gasteiger partial charge in [-0.2, -0.15) is 0 Å². The second-order valence-corrected chi connectivity index (χ2v) is 7.70. The van der Waals surface area contributed by atoms with Gasteiger partial charge in [-0.1, -0.05) is 72.8 Å². The molecule has 150 valence electrons. The third-order valence-corrected chi connectivity index (χ3v) is 5.45. The molecule has 0 unspecified atom stereocenters. The largest absolute Gasteiger partial charge is 0.374 e. The molecule has 4 nitrogen and oxygen atoms in total. The van der Waals surface area contributed by atoms with Gasteiger partial charge in [-0.25, -0.2) is 0 Å². The number of carbonyl (C=O) groups is 1. The summed E-state index contributed by atoms with van der Waals surface area (Å²) in [5, 5.41) is 5.51. The number of aryl methyl sites for hydroxylation is 1. The molecule has 1 saturated heterocycles. The lowest BCUT2D eigenvalue weighted by Gasteiger charge is -2.33. The standard InChI is InChI=1S/C25H28N2O2/c28-25(13-11-20-10-12-22-8-4-5-9-23(22)16-20)26-17-24-19-27(14-15-29-24)18-21-6-2-1-3-7-21/h1-10,12,16,24H,11,13-15,17-19H2,(H,26,28)/t24-/m0/s1. The van der Waals surface area contributed by atoms with Crippen LogP contribution in [0.25, 0.3) is 10.8 Å². The molecule has 0 spiro atoms. The summed E-state index contributed by atoms with van der Waals surface area (Å²) in [7, 11) is 0. The highest BCUT2D eigenvalue weighted by atomic mass is 16.5. The minimum atomic E-state index is 0.0529. The molecule has 4 rings (SSSR count). The van der Waals surface area contributed by atoms with Crippen molar-refractivity contribution in [3.05, 3.63) is 83.9 Å². The lowest BCUT2D eigenvalue weighted by Crippen LogP contribution is -2.47. The predicted octanol–water partition coefficient (Wildman–Crippen LogP) is 3.79. The first kappa shape index (κ1) is 19.6. The van der Waals surface area contributed by atoms with Crippen LogP contribution < -0.4 is 5.32 Å². The predicted molar refractivity (Wildman–Crippen MR) is 117 cm³/mol. The van der Waals surface area contributed by atoms with Gasteiger partial charge in [-0.3, -0.25) is 9.69 Å². The number of hydrogen-bond donors (Lipinski definition) is 1. The van der Waals surface area contributed by atoms with E-state index >= 15 is 0 Å². The minimum absolute atomic E-state index is 0.0529. The molecule has 1 heterocycles. The van der Waals surface area contributed by atoms with Crippen molar-refractivity contribution >= 4 is 16.7 Å². The maximum atomic E-state index is 12.3. The Morgan fingerprint density at radius 1 is 0.966 bits per heavy atom. The van der Waals surface area contributed by atoms with Gasteiger partial charge < -0.3 is 10.1 Å². The molecule has 3 aromatic rings. The van der Waals surface area contributed by atoms with Crippen LogP contribution in [-0.4, -0.2) is 43.2 Å². The molecule has 0 bridgehead atoms. The van der Waals surface area contributed by atoms with Crippen LogP contribution in [0.3, 0.4) is 0 Å². The van der Waals surface area contributed by atoms with Crippen LogP contribution in [0.5, 0.6) is 0 Å². The van der Waals surface area contributed by atoms with Crippen molar-refractivity contribution in [2.75, 3.05) is 26.2 Å². The van der Waals surface area contributed by atoms with Gasteiger partial charge in [0.2, 0.25) is 5.91 Å². The first-order chi connectivity index (χ1) is 14.3. The molecule has 1 fully saturated rings. The highest BCUT2D eigenvalue weighted by Gasteiger charge is 2.21. The fraction of sp³-hybridized carbons (Fsp3) is 0.320. The van der Waals surface area contributed by atoms with Crippen LogP contribution in [-0.2, 0) is 22.5 Å². The Hall–Kier alpha value is -2.69. The van der Waals surface area contributed by atoms with E-state index in [0.29, 0.717) is 19.6 Å². The summed E-state index contributed by atoms with van der Waals surface area (Å²) in [5.41, 5.74) is 2.51. The quantitative estimate of drug-likeness (QED) is 0.670. The SMILES string of the molecule is O=C(CCc1ccc2ccccc2c1)NC[C@H]1CN(Cc2ccccc2)CCO1. The summed E-state index contributed by atoms with van der Waals surface area (Å²) < 4.78 is 5.85. The highest BCUT2D eigenvalue weighted by molar-refractivity contribution is 5.83. The molecule has 1 atom stereocenters. The Morgan fingerprint density at radius 3 is 2.62 bits per heavy atom. The number of rotatable bonds is 7. The number of amides is 1. The van der Waals surface area contributed by atoms with Gasteiger partial charge in [0.1, 0.15) is 0 Å². The van der Waals surface area contributed by atoms with Crippen molar-refractivity contribution < 1.29 is 9.53 Å². The first-order valence-electron chi connectivity index (χ1n) is 10.4. The number of morpholine rings is 1. The van der Waals surface area contributed by atoms with Crippen LogP contribution in [0.15, 0.2) is 72.8 Å². The Balaban J connectivity index is 1.21. The number of fused-ring (bicyclic) bond motifs is 1. The molecule has 1 aliphatic rings.